The van der Waals surface area contributed by atoms with Gasteiger partial charge in [0.05, 0.1) is 4.90 Å². The summed E-state index contributed by atoms with van der Waals surface area (Å²) >= 11 is 0. The monoisotopic (exact) mass is 379 g/mol. The Hall–Kier alpha value is -1.44. The Balaban J connectivity index is 1.54. The molecular formula is C19H29N3O3S. The van der Waals surface area contributed by atoms with E-state index in [4.69, 9.17) is 0 Å². The second-order valence-electron chi connectivity index (χ2n) is 7.22. The van der Waals surface area contributed by atoms with Crippen LogP contribution in [0.1, 0.15) is 44.6 Å². The average molecular weight is 380 g/mol. The van der Waals surface area contributed by atoms with Crippen LogP contribution in [0.25, 0.3) is 0 Å². The average Bonchev–Trinajstić information content (AvgIpc) is 2.87. The molecule has 1 N–H and O–H groups in total. The molecule has 0 unspecified atom stereocenters. The van der Waals surface area contributed by atoms with E-state index in [1.165, 1.54) is 32.6 Å². The Morgan fingerprint density at radius 3 is 2.54 bits per heavy atom. The van der Waals surface area contributed by atoms with Gasteiger partial charge < -0.3 is 9.80 Å². The van der Waals surface area contributed by atoms with Crippen LogP contribution < -0.4 is 9.62 Å². The number of carbonyl (C=O) groups is 1. The number of rotatable bonds is 6. The molecule has 0 atom stereocenters. The molecule has 1 saturated heterocycles. The standard InChI is InChI=1S/C19H29N3O3S/c1-16(23)22-14-9-17-15-18(7-8-19(17)22)26(24,25)20-10-6-13-21-11-4-2-3-5-12-21/h7-8,15,20H,2-6,9-14H2,1H3. The number of carbonyl (C=O) groups excluding carboxylic acids is 1. The van der Waals surface area contributed by atoms with Crippen LogP contribution in [0.5, 0.6) is 0 Å². The molecule has 0 spiro atoms. The summed E-state index contributed by atoms with van der Waals surface area (Å²) in [7, 11) is -3.50. The fourth-order valence-electron chi connectivity index (χ4n) is 3.82. The topological polar surface area (TPSA) is 69.7 Å². The predicted molar refractivity (Wildman–Crippen MR) is 103 cm³/mol. The van der Waals surface area contributed by atoms with Crippen LogP contribution >= 0.6 is 0 Å². The van der Waals surface area contributed by atoms with Crippen molar-refractivity contribution in [2.75, 3.05) is 37.6 Å². The molecule has 3 rings (SSSR count). The molecule has 0 radical (unpaired) electrons. The third-order valence-corrected chi connectivity index (χ3v) is 6.74. The van der Waals surface area contributed by atoms with Crippen molar-refractivity contribution in [3.05, 3.63) is 23.8 Å². The van der Waals surface area contributed by atoms with Gasteiger partial charge in [0.15, 0.2) is 0 Å². The van der Waals surface area contributed by atoms with Gasteiger partial charge in [-0.05, 0) is 69.1 Å². The van der Waals surface area contributed by atoms with Crippen molar-refractivity contribution >= 4 is 21.6 Å². The maximum Gasteiger partial charge on any atom is 0.240 e. The number of anilines is 1. The van der Waals surface area contributed by atoms with Gasteiger partial charge in [-0.15, -0.1) is 0 Å². The zero-order chi connectivity index (χ0) is 18.6. The molecule has 1 amide bonds. The molecule has 1 aromatic rings. The Labute approximate surface area is 156 Å². The van der Waals surface area contributed by atoms with E-state index in [1.807, 2.05) is 0 Å². The minimum Gasteiger partial charge on any atom is -0.312 e. The lowest BCUT2D eigenvalue weighted by Gasteiger charge is -2.19. The van der Waals surface area contributed by atoms with Crippen molar-refractivity contribution in [2.45, 2.75) is 50.3 Å². The van der Waals surface area contributed by atoms with Crippen LogP contribution in [0, 0.1) is 0 Å². The van der Waals surface area contributed by atoms with Gasteiger partial charge in [0.1, 0.15) is 0 Å². The summed E-state index contributed by atoms with van der Waals surface area (Å²) in [5, 5.41) is 0. The van der Waals surface area contributed by atoms with Crippen molar-refractivity contribution in [1.82, 2.24) is 9.62 Å². The molecule has 0 saturated carbocycles. The molecule has 2 aliphatic heterocycles. The summed E-state index contributed by atoms with van der Waals surface area (Å²) in [6.07, 6.45) is 6.64. The lowest BCUT2D eigenvalue weighted by molar-refractivity contribution is -0.116. The van der Waals surface area contributed by atoms with Crippen molar-refractivity contribution in [2.24, 2.45) is 0 Å². The van der Waals surface area contributed by atoms with Crippen molar-refractivity contribution in [3.8, 4) is 0 Å². The van der Waals surface area contributed by atoms with E-state index in [2.05, 4.69) is 9.62 Å². The van der Waals surface area contributed by atoms with Crippen LogP contribution in [0.2, 0.25) is 0 Å². The molecule has 144 valence electrons. The highest BCUT2D eigenvalue weighted by atomic mass is 32.2. The Morgan fingerprint density at radius 2 is 1.85 bits per heavy atom. The van der Waals surface area contributed by atoms with Crippen molar-refractivity contribution in [3.63, 3.8) is 0 Å². The molecule has 2 aliphatic rings. The smallest absolute Gasteiger partial charge is 0.240 e. The zero-order valence-electron chi connectivity index (χ0n) is 15.5. The lowest BCUT2D eigenvalue weighted by Crippen LogP contribution is -2.30. The molecule has 1 fully saturated rings. The molecular weight excluding hydrogens is 350 g/mol. The number of nitrogens with one attached hydrogen (secondary N) is 1. The first-order valence-corrected chi connectivity index (χ1v) is 11.1. The number of nitrogens with zero attached hydrogens (tertiary/aromatic N) is 2. The van der Waals surface area contributed by atoms with Gasteiger partial charge in [-0.3, -0.25) is 4.79 Å². The first-order valence-electron chi connectivity index (χ1n) is 9.60. The van der Waals surface area contributed by atoms with Crippen LogP contribution in [0.4, 0.5) is 5.69 Å². The highest BCUT2D eigenvalue weighted by Gasteiger charge is 2.24. The quantitative estimate of drug-likeness (QED) is 0.769. The van der Waals surface area contributed by atoms with Crippen LogP contribution in [-0.2, 0) is 21.2 Å². The van der Waals surface area contributed by atoms with Gasteiger partial charge in [-0.2, -0.15) is 0 Å². The highest BCUT2D eigenvalue weighted by molar-refractivity contribution is 7.89. The number of hydrogen-bond donors (Lipinski definition) is 1. The number of likely N-dealkylation sites (tertiary alicyclic amines) is 1. The Morgan fingerprint density at radius 1 is 1.12 bits per heavy atom. The van der Waals surface area contributed by atoms with Gasteiger partial charge in [0.25, 0.3) is 0 Å². The normalized spacial score (nSPS) is 18.6. The summed E-state index contributed by atoms with van der Waals surface area (Å²) < 4.78 is 27.8. The number of hydrogen-bond acceptors (Lipinski definition) is 4. The van der Waals surface area contributed by atoms with E-state index in [0.29, 0.717) is 19.5 Å². The van der Waals surface area contributed by atoms with Gasteiger partial charge in [-0.1, -0.05) is 12.8 Å². The highest BCUT2D eigenvalue weighted by Crippen LogP contribution is 2.30. The summed E-state index contributed by atoms with van der Waals surface area (Å²) in [6, 6.07) is 5.04. The third kappa shape index (κ3) is 4.64. The molecule has 0 aliphatic carbocycles. The molecule has 7 heteroatoms. The minimum atomic E-state index is -3.50. The largest absolute Gasteiger partial charge is 0.312 e. The number of amides is 1. The first kappa shape index (κ1) is 19.3. The van der Waals surface area contributed by atoms with Crippen LogP contribution in [0.3, 0.4) is 0 Å². The summed E-state index contributed by atoms with van der Waals surface area (Å²) in [6.45, 7) is 5.81. The van der Waals surface area contributed by atoms with E-state index in [9.17, 15) is 13.2 Å². The third-order valence-electron chi connectivity index (χ3n) is 5.28. The SMILES string of the molecule is CC(=O)N1CCc2cc(S(=O)(=O)NCCCN3CCCCCC3)ccc21. The molecule has 6 nitrogen and oxygen atoms in total. The first-order chi connectivity index (χ1) is 12.5. The molecule has 0 bridgehead atoms. The zero-order valence-corrected chi connectivity index (χ0v) is 16.4. The molecule has 26 heavy (non-hydrogen) atoms. The van der Waals surface area contributed by atoms with Gasteiger partial charge in [0, 0.05) is 25.7 Å². The Kier molecular flexibility index (Phi) is 6.32. The molecule has 2 heterocycles. The van der Waals surface area contributed by atoms with Crippen LogP contribution in [0.15, 0.2) is 23.1 Å². The van der Waals surface area contributed by atoms with E-state index < -0.39 is 10.0 Å². The van der Waals surface area contributed by atoms with Crippen LogP contribution in [-0.4, -0.2) is 51.9 Å². The molecule has 1 aromatic carbocycles. The predicted octanol–water partition coefficient (Wildman–Crippen LogP) is 2.14. The lowest BCUT2D eigenvalue weighted by atomic mass is 10.2. The second-order valence-corrected chi connectivity index (χ2v) is 8.99. The van der Waals surface area contributed by atoms with Gasteiger partial charge in [0.2, 0.25) is 15.9 Å². The summed E-state index contributed by atoms with van der Waals surface area (Å²) in [4.78, 5) is 16.0. The maximum absolute atomic E-state index is 12.5. The maximum atomic E-state index is 12.5. The van der Waals surface area contributed by atoms with E-state index in [1.54, 1.807) is 23.1 Å². The number of benzene rings is 1. The molecule has 0 aromatic heterocycles. The fraction of sp³-hybridized carbons (Fsp3) is 0.632. The van der Waals surface area contributed by atoms with Gasteiger partial charge in [-0.25, -0.2) is 13.1 Å². The summed E-state index contributed by atoms with van der Waals surface area (Å²) in [5.74, 6) is -0.00834. The Bertz CT molecular complexity index is 740. The fourth-order valence-corrected chi connectivity index (χ4v) is 4.95. The van der Waals surface area contributed by atoms with E-state index >= 15 is 0 Å². The van der Waals surface area contributed by atoms with E-state index in [-0.39, 0.29) is 10.8 Å². The van der Waals surface area contributed by atoms with E-state index in [0.717, 1.165) is 37.3 Å². The second kappa shape index (κ2) is 8.50. The number of fused-ring (bicyclic) bond motifs is 1. The van der Waals surface area contributed by atoms with Crippen molar-refractivity contribution in [1.29, 1.82) is 0 Å². The summed E-state index contributed by atoms with van der Waals surface area (Å²) in [5.41, 5.74) is 1.75. The number of sulfonamides is 1. The minimum absolute atomic E-state index is 0.00834. The van der Waals surface area contributed by atoms with Crippen molar-refractivity contribution < 1.29 is 13.2 Å². The van der Waals surface area contributed by atoms with Gasteiger partial charge >= 0.3 is 0 Å².